The molecule has 0 unspecified atom stereocenters. The van der Waals surface area contributed by atoms with Crippen LogP contribution in [0, 0.1) is 0 Å². The zero-order valence-corrected chi connectivity index (χ0v) is 8.28. The van der Waals surface area contributed by atoms with E-state index >= 15 is 0 Å². The summed E-state index contributed by atoms with van der Waals surface area (Å²) < 4.78 is 1.01. The predicted octanol–water partition coefficient (Wildman–Crippen LogP) is 1.96. The van der Waals surface area contributed by atoms with E-state index in [1.165, 1.54) is 0 Å². The van der Waals surface area contributed by atoms with E-state index in [1.54, 1.807) is 0 Å². The zero-order valence-electron chi connectivity index (χ0n) is 5.05. The Balaban J connectivity index is 3.03. The molecule has 3 heteroatoms. The van der Waals surface area contributed by atoms with Gasteiger partial charge in [-0.25, -0.2) is 0 Å². The molecule has 10 heavy (non-hydrogen) atoms. The molecule has 0 aliphatic carbocycles. The van der Waals surface area contributed by atoms with Crippen molar-refractivity contribution >= 4 is 43.7 Å². The van der Waals surface area contributed by atoms with Gasteiger partial charge in [0.25, 0.3) is 0 Å². The second-order valence-electron chi connectivity index (χ2n) is 1.84. The minimum atomic E-state index is -0.433. The Kier molecular flexibility index (Phi) is 3.06. The molecule has 0 amide bonds. The summed E-state index contributed by atoms with van der Waals surface area (Å²) in [5.41, 5.74) is 0.936. The van der Waals surface area contributed by atoms with E-state index in [-0.39, 0.29) is 0 Å². The quantitative estimate of drug-likeness (QED) is 0.519. The van der Waals surface area contributed by atoms with E-state index in [9.17, 15) is 0 Å². The molecule has 0 N–H and O–H groups in total. The molecule has 1 aromatic carbocycles. The molecule has 0 nitrogen and oxygen atoms in total. The first-order valence-electron chi connectivity index (χ1n) is 2.76. The molecule has 53 valence electrons. The molecule has 0 heterocycles. The van der Waals surface area contributed by atoms with Crippen LogP contribution in [0.3, 0.4) is 0 Å². The average Bonchev–Trinajstić information content (AvgIpc) is 1.88. The van der Waals surface area contributed by atoms with Crippen LogP contribution in [-0.4, -0.2) is 16.0 Å². The molecule has 0 saturated heterocycles. The summed E-state index contributed by atoms with van der Waals surface area (Å²) in [6, 6.07) is 7.68. The molecule has 1 rings (SSSR count). The number of rotatable bonds is 1. The maximum absolute atomic E-state index is 5.65. The van der Waals surface area contributed by atoms with E-state index < -0.39 is 4.84 Å². The third kappa shape index (κ3) is 1.90. The minimum absolute atomic E-state index is 0.433. The molecule has 0 aromatic heterocycles. The van der Waals surface area contributed by atoms with Crippen LogP contribution in [0.15, 0.2) is 24.3 Å². The van der Waals surface area contributed by atoms with Gasteiger partial charge in [-0.2, -0.15) is 0 Å². The van der Waals surface area contributed by atoms with Gasteiger partial charge in [0.1, 0.15) is 0 Å². The van der Waals surface area contributed by atoms with Gasteiger partial charge in [-0.3, -0.25) is 0 Å². The molecule has 1 aromatic rings. The summed E-state index contributed by atoms with van der Waals surface area (Å²) in [6.45, 7) is 0. The van der Waals surface area contributed by atoms with Gasteiger partial charge in [0.05, 0.1) is 0 Å². The van der Waals surface area contributed by atoms with Gasteiger partial charge in [-0.05, 0) is 0 Å². The molecular formula is C7H5Cl2Se. The van der Waals surface area contributed by atoms with Gasteiger partial charge in [0, 0.05) is 0 Å². The van der Waals surface area contributed by atoms with Crippen LogP contribution < -0.4 is 4.46 Å². The van der Waals surface area contributed by atoms with Crippen molar-refractivity contribution in [3.05, 3.63) is 29.8 Å². The van der Waals surface area contributed by atoms with Crippen molar-refractivity contribution in [3.8, 4) is 0 Å². The number of halogens is 2. The first-order chi connectivity index (χ1) is 4.72. The maximum atomic E-state index is 5.65. The Hall–Kier alpha value is 0.319. The second kappa shape index (κ2) is 3.64. The summed E-state index contributed by atoms with van der Waals surface area (Å²) in [7, 11) is 0. The molecule has 0 spiro atoms. The first-order valence-corrected chi connectivity index (χ1v) is 4.49. The zero-order chi connectivity index (χ0) is 7.56. The van der Waals surface area contributed by atoms with Crippen molar-refractivity contribution in [1.29, 1.82) is 0 Å². The van der Waals surface area contributed by atoms with E-state index in [1.807, 2.05) is 24.3 Å². The van der Waals surface area contributed by atoms with Gasteiger partial charge >= 0.3 is 78.3 Å². The number of alkyl halides is 2. The fraction of sp³-hybridized carbons (Fsp3) is 0.143. The number of hydrogen-bond acceptors (Lipinski definition) is 0. The Bertz CT molecular complexity index is 223. The van der Waals surface area contributed by atoms with E-state index in [0.717, 1.165) is 10.0 Å². The first kappa shape index (κ1) is 8.42. The number of benzene rings is 1. The molecule has 0 aliphatic heterocycles. The summed E-state index contributed by atoms with van der Waals surface area (Å²) in [4.78, 5) is -0.433. The predicted molar refractivity (Wildman–Crippen MR) is 46.3 cm³/mol. The Morgan fingerprint density at radius 3 is 2.20 bits per heavy atom. The van der Waals surface area contributed by atoms with Gasteiger partial charge in [-0.1, -0.05) is 0 Å². The average molecular weight is 239 g/mol. The van der Waals surface area contributed by atoms with E-state index in [4.69, 9.17) is 23.2 Å². The Labute approximate surface area is 78.3 Å². The third-order valence-electron chi connectivity index (χ3n) is 1.15. The van der Waals surface area contributed by atoms with Gasteiger partial charge in [0.15, 0.2) is 0 Å². The van der Waals surface area contributed by atoms with Gasteiger partial charge < -0.3 is 0 Å². The van der Waals surface area contributed by atoms with Crippen LogP contribution in [0.1, 0.15) is 10.4 Å². The van der Waals surface area contributed by atoms with Crippen LogP contribution in [0.2, 0.25) is 0 Å². The van der Waals surface area contributed by atoms with Gasteiger partial charge in [0.2, 0.25) is 0 Å². The van der Waals surface area contributed by atoms with Crippen LogP contribution in [0.25, 0.3) is 0 Å². The normalized spacial score (nSPS) is 10.3. The fourth-order valence-electron chi connectivity index (χ4n) is 0.661. The van der Waals surface area contributed by atoms with Crippen molar-refractivity contribution in [1.82, 2.24) is 0 Å². The molecular weight excluding hydrogens is 234 g/mol. The van der Waals surface area contributed by atoms with Crippen molar-refractivity contribution in [2.75, 3.05) is 0 Å². The molecule has 0 atom stereocenters. The molecule has 1 radical (unpaired) electrons. The summed E-state index contributed by atoms with van der Waals surface area (Å²) in [5, 5.41) is 0. The topological polar surface area (TPSA) is 0 Å². The van der Waals surface area contributed by atoms with Crippen LogP contribution >= 0.6 is 23.2 Å². The van der Waals surface area contributed by atoms with Gasteiger partial charge in [-0.15, -0.1) is 0 Å². The monoisotopic (exact) mass is 239 g/mol. The molecule has 0 aliphatic rings. The van der Waals surface area contributed by atoms with Crippen molar-refractivity contribution in [3.63, 3.8) is 0 Å². The van der Waals surface area contributed by atoms with Crippen LogP contribution in [0.5, 0.6) is 0 Å². The second-order valence-corrected chi connectivity index (χ2v) is 3.86. The summed E-state index contributed by atoms with van der Waals surface area (Å²) in [6.07, 6.45) is 0. The van der Waals surface area contributed by atoms with Crippen molar-refractivity contribution < 1.29 is 0 Å². The fourth-order valence-corrected chi connectivity index (χ4v) is 1.89. The SMILES string of the molecule is ClC(Cl)c1ccccc1[Se]. The van der Waals surface area contributed by atoms with Crippen LogP contribution in [-0.2, 0) is 0 Å². The summed E-state index contributed by atoms with van der Waals surface area (Å²) >= 11 is 14.2. The van der Waals surface area contributed by atoms with E-state index in [2.05, 4.69) is 16.0 Å². The van der Waals surface area contributed by atoms with E-state index in [0.29, 0.717) is 0 Å². The Morgan fingerprint density at radius 1 is 1.20 bits per heavy atom. The number of hydrogen-bond donors (Lipinski definition) is 0. The molecule has 0 fully saturated rings. The van der Waals surface area contributed by atoms with Crippen molar-refractivity contribution in [2.45, 2.75) is 4.84 Å². The molecule has 0 bridgehead atoms. The molecule has 0 saturated carbocycles. The summed E-state index contributed by atoms with van der Waals surface area (Å²) in [5.74, 6) is 0. The standard InChI is InChI=1S/C7H5Cl2Se/c8-7(9)5-3-1-2-4-6(5)10/h1-4,7H. The van der Waals surface area contributed by atoms with Crippen molar-refractivity contribution in [2.24, 2.45) is 0 Å². The Morgan fingerprint density at radius 2 is 1.80 bits per heavy atom. The third-order valence-corrected chi connectivity index (χ3v) is 2.40. The van der Waals surface area contributed by atoms with Crippen LogP contribution in [0.4, 0.5) is 0 Å².